The molecular weight excluding hydrogens is 258 g/mol. The lowest BCUT2D eigenvalue weighted by Gasteiger charge is -2.15. The normalized spacial score (nSPS) is 13.8. The quantitative estimate of drug-likeness (QED) is 0.708. The van der Waals surface area contributed by atoms with E-state index in [0.717, 1.165) is 0 Å². The summed E-state index contributed by atoms with van der Waals surface area (Å²) in [6, 6.07) is 6.65. The predicted molar refractivity (Wildman–Crippen MR) is 67.6 cm³/mol. The minimum absolute atomic E-state index is 0.0103. The molecule has 0 heterocycles. The zero-order chi connectivity index (χ0) is 13.5. The van der Waals surface area contributed by atoms with E-state index in [1.807, 2.05) is 0 Å². The van der Waals surface area contributed by atoms with E-state index in [-0.39, 0.29) is 12.5 Å². The Labute approximate surface area is 110 Å². The van der Waals surface area contributed by atoms with Gasteiger partial charge in [0.25, 0.3) is 5.91 Å². The molecule has 100 valence electrons. The Kier molecular flexibility index (Phi) is 5.91. The van der Waals surface area contributed by atoms with Gasteiger partial charge in [0.2, 0.25) is 0 Å². The van der Waals surface area contributed by atoms with Crippen molar-refractivity contribution in [3.05, 3.63) is 29.3 Å². The van der Waals surface area contributed by atoms with Crippen LogP contribution in [-0.4, -0.2) is 41.5 Å². The van der Waals surface area contributed by atoms with Gasteiger partial charge >= 0.3 is 0 Å². The number of nitrogens with one attached hydrogen (secondary N) is 1. The fraction of sp³-hybridized carbons (Fsp3) is 0.417. The molecule has 5 nitrogen and oxygen atoms in total. The average Bonchev–Trinajstić information content (AvgIpc) is 2.38. The topological polar surface area (TPSA) is 78.8 Å². The van der Waals surface area contributed by atoms with Gasteiger partial charge in [0.05, 0.1) is 12.7 Å². The maximum Gasteiger partial charge on any atom is 0.260 e. The standard InChI is InChI=1S/C12H16ClNO4/c1-8(12(17)14-6-10(16)7-15)18-11-4-2-9(13)3-5-11/h2-5,8,10,15-16H,6-7H2,1H3,(H,14,17). The monoisotopic (exact) mass is 273 g/mol. The van der Waals surface area contributed by atoms with Crippen LogP contribution >= 0.6 is 11.6 Å². The Morgan fingerprint density at radius 1 is 1.44 bits per heavy atom. The number of aliphatic hydroxyl groups excluding tert-OH is 2. The van der Waals surface area contributed by atoms with Gasteiger partial charge < -0.3 is 20.3 Å². The molecule has 1 aromatic carbocycles. The number of halogens is 1. The minimum atomic E-state index is -0.961. The van der Waals surface area contributed by atoms with Crippen molar-refractivity contribution in [2.24, 2.45) is 0 Å². The molecule has 0 fully saturated rings. The van der Waals surface area contributed by atoms with Gasteiger partial charge in [-0.2, -0.15) is 0 Å². The molecule has 1 amide bonds. The molecular formula is C12H16ClNO4. The molecule has 0 aromatic heterocycles. The second kappa shape index (κ2) is 7.20. The summed E-state index contributed by atoms with van der Waals surface area (Å²) in [5.41, 5.74) is 0. The molecule has 0 saturated heterocycles. The number of carbonyl (C=O) groups is 1. The van der Waals surface area contributed by atoms with Gasteiger partial charge in [0, 0.05) is 11.6 Å². The van der Waals surface area contributed by atoms with Crippen molar-refractivity contribution in [3.63, 3.8) is 0 Å². The highest BCUT2D eigenvalue weighted by Crippen LogP contribution is 2.16. The molecule has 0 radical (unpaired) electrons. The van der Waals surface area contributed by atoms with E-state index in [2.05, 4.69) is 5.32 Å². The van der Waals surface area contributed by atoms with Crippen molar-refractivity contribution >= 4 is 17.5 Å². The molecule has 0 aliphatic rings. The first-order valence-corrected chi connectivity index (χ1v) is 5.89. The number of amides is 1. The number of carbonyl (C=O) groups excluding carboxylic acids is 1. The van der Waals surface area contributed by atoms with E-state index in [1.165, 1.54) is 0 Å². The SMILES string of the molecule is CC(Oc1ccc(Cl)cc1)C(=O)NCC(O)CO. The third-order valence-electron chi connectivity index (χ3n) is 2.22. The van der Waals surface area contributed by atoms with E-state index in [9.17, 15) is 4.79 Å². The van der Waals surface area contributed by atoms with Crippen LogP contribution in [0.3, 0.4) is 0 Å². The fourth-order valence-corrected chi connectivity index (χ4v) is 1.32. The summed E-state index contributed by atoms with van der Waals surface area (Å²) < 4.78 is 5.38. The van der Waals surface area contributed by atoms with Gasteiger partial charge in [-0.1, -0.05) is 11.6 Å². The highest BCUT2D eigenvalue weighted by molar-refractivity contribution is 6.30. The third kappa shape index (κ3) is 4.91. The Morgan fingerprint density at radius 2 is 2.06 bits per heavy atom. The van der Waals surface area contributed by atoms with Crippen molar-refractivity contribution in [3.8, 4) is 5.75 Å². The lowest BCUT2D eigenvalue weighted by molar-refractivity contribution is -0.127. The van der Waals surface area contributed by atoms with Crippen LogP contribution in [0.25, 0.3) is 0 Å². The second-order valence-corrected chi connectivity index (χ2v) is 4.23. The number of benzene rings is 1. The molecule has 2 atom stereocenters. The first-order valence-electron chi connectivity index (χ1n) is 5.51. The summed E-state index contributed by atoms with van der Waals surface area (Å²) in [6.45, 7) is 1.19. The van der Waals surface area contributed by atoms with E-state index in [0.29, 0.717) is 10.8 Å². The third-order valence-corrected chi connectivity index (χ3v) is 2.47. The highest BCUT2D eigenvalue weighted by Gasteiger charge is 2.15. The van der Waals surface area contributed by atoms with Crippen molar-refractivity contribution in [1.82, 2.24) is 5.32 Å². The molecule has 0 aliphatic heterocycles. The summed E-state index contributed by atoms with van der Waals surface area (Å²) in [5, 5.41) is 20.7. The second-order valence-electron chi connectivity index (χ2n) is 3.80. The molecule has 0 saturated carbocycles. The Bertz CT molecular complexity index is 382. The molecule has 0 aliphatic carbocycles. The maximum atomic E-state index is 11.6. The highest BCUT2D eigenvalue weighted by atomic mass is 35.5. The largest absolute Gasteiger partial charge is 0.481 e. The molecule has 0 bridgehead atoms. The van der Waals surface area contributed by atoms with Gasteiger partial charge in [-0.3, -0.25) is 4.79 Å². The first-order chi connectivity index (χ1) is 8.52. The smallest absolute Gasteiger partial charge is 0.260 e. The van der Waals surface area contributed by atoms with Crippen LogP contribution in [0.1, 0.15) is 6.92 Å². The lowest BCUT2D eigenvalue weighted by atomic mass is 10.3. The number of ether oxygens (including phenoxy) is 1. The van der Waals surface area contributed by atoms with Crippen LogP contribution in [0.15, 0.2) is 24.3 Å². The number of aliphatic hydroxyl groups is 2. The van der Waals surface area contributed by atoms with E-state index >= 15 is 0 Å². The van der Waals surface area contributed by atoms with Crippen LogP contribution in [-0.2, 0) is 4.79 Å². The van der Waals surface area contributed by atoms with Crippen LogP contribution < -0.4 is 10.1 Å². The molecule has 0 spiro atoms. The maximum absolute atomic E-state index is 11.6. The van der Waals surface area contributed by atoms with Crippen LogP contribution in [0.2, 0.25) is 5.02 Å². The molecule has 18 heavy (non-hydrogen) atoms. The van der Waals surface area contributed by atoms with Gasteiger partial charge in [-0.05, 0) is 31.2 Å². The van der Waals surface area contributed by atoms with Gasteiger partial charge in [0.1, 0.15) is 5.75 Å². The minimum Gasteiger partial charge on any atom is -0.481 e. The van der Waals surface area contributed by atoms with Crippen molar-refractivity contribution in [2.45, 2.75) is 19.1 Å². The summed E-state index contributed by atoms with van der Waals surface area (Å²) in [7, 11) is 0. The van der Waals surface area contributed by atoms with Crippen molar-refractivity contribution in [2.75, 3.05) is 13.2 Å². The van der Waals surface area contributed by atoms with Gasteiger partial charge in [-0.25, -0.2) is 0 Å². The van der Waals surface area contributed by atoms with Gasteiger partial charge in [-0.15, -0.1) is 0 Å². The van der Waals surface area contributed by atoms with Crippen LogP contribution in [0.5, 0.6) is 5.75 Å². The van der Waals surface area contributed by atoms with E-state index in [1.54, 1.807) is 31.2 Å². The van der Waals surface area contributed by atoms with Gasteiger partial charge in [0.15, 0.2) is 6.10 Å². The van der Waals surface area contributed by atoms with E-state index in [4.69, 9.17) is 26.6 Å². The molecule has 3 N–H and O–H groups in total. The predicted octanol–water partition coefficient (Wildman–Crippen LogP) is 0.577. The van der Waals surface area contributed by atoms with E-state index < -0.39 is 18.8 Å². The van der Waals surface area contributed by atoms with Crippen LogP contribution in [0, 0.1) is 0 Å². The van der Waals surface area contributed by atoms with Crippen molar-refractivity contribution < 1.29 is 19.7 Å². The summed E-state index contributed by atoms with van der Waals surface area (Å²) >= 11 is 5.73. The first kappa shape index (κ1) is 14.8. The Morgan fingerprint density at radius 3 is 2.61 bits per heavy atom. The number of hydrogen-bond acceptors (Lipinski definition) is 4. The molecule has 2 unspecified atom stereocenters. The fourth-order valence-electron chi connectivity index (χ4n) is 1.20. The Hall–Kier alpha value is -1.30. The number of rotatable bonds is 6. The summed E-state index contributed by atoms with van der Waals surface area (Å²) in [5.74, 6) is 0.169. The summed E-state index contributed by atoms with van der Waals surface area (Å²) in [6.07, 6.45) is -1.66. The van der Waals surface area contributed by atoms with Crippen LogP contribution in [0.4, 0.5) is 0 Å². The van der Waals surface area contributed by atoms with Crippen molar-refractivity contribution in [1.29, 1.82) is 0 Å². The molecule has 1 aromatic rings. The number of hydrogen-bond donors (Lipinski definition) is 3. The Balaban J connectivity index is 2.42. The molecule has 6 heteroatoms. The average molecular weight is 274 g/mol. The lowest BCUT2D eigenvalue weighted by Crippen LogP contribution is -2.41. The summed E-state index contributed by atoms with van der Waals surface area (Å²) in [4.78, 5) is 11.6. The zero-order valence-electron chi connectivity index (χ0n) is 9.97. The zero-order valence-corrected chi connectivity index (χ0v) is 10.7. The molecule has 1 rings (SSSR count).